The van der Waals surface area contributed by atoms with Crippen LogP contribution in [0.3, 0.4) is 0 Å². The van der Waals surface area contributed by atoms with Gasteiger partial charge in [-0.25, -0.2) is 4.79 Å². The van der Waals surface area contributed by atoms with Gasteiger partial charge in [0.25, 0.3) is 5.56 Å². The van der Waals surface area contributed by atoms with E-state index in [2.05, 4.69) is 4.90 Å². The first kappa shape index (κ1) is 17.9. The van der Waals surface area contributed by atoms with Crippen molar-refractivity contribution < 1.29 is 14.6 Å². The number of carboxylic acid groups (broad SMARTS) is 1. The Bertz CT molecular complexity index is 1020. The molecular formula is C20H20N2O4S. The van der Waals surface area contributed by atoms with E-state index in [0.29, 0.717) is 30.2 Å². The molecule has 0 aliphatic carbocycles. The first-order chi connectivity index (χ1) is 13.1. The Morgan fingerprint density at radius 3 is 2.52 bits per heavy atom. The molecule has 0 atom stereocenters. The molecule has 2 aromatic heterocycles. The lowest BCUT2D eigenvalue weighted by molar-refractivity contribution is 0.0364. The first-order valence-corrected chi connectivity index (χ1v) is 9.72. The molecule has 1 aromatic carbocycles. The maximum Gasteiger partial charge on any atom is 0.346 e. The fraction of sp³-hybridized carbons (Fsp3) is 0.300. The van der Waals surface area contributed by atoms with Gasteiger partial charge < -0.3 is 9.84 Å². The van der Waals surface area contributed by atoms with Crippen molar-refractivity contribution in [2.75, 3.05) is 32.8 Å². The van der Waals surface area contributed by atoms with E-state index in [1.807, 2.05) is 30.3 Å². The van der Waals surface area contributed by atoms with Crippen LogP contribution in [0.5, 0.6) is 0 Å². The van der Waals surface area contributed by atoms with E-state index in [4.69, 9.17) is 4.74 Å². The van der Waals surface area contributed by atoms with Gasteiger partial charge in [0.2, 0.25) is 0 Å². The molecule has 0 bridgehead atoms. The average Bonchev–Trinajstić information content (AvgIpc) is 3.09. The topological polar surface area (TPSA) is 71.8 Å². The van der Waals surface area contributed by atoms with Crippen LogP contribution in [0, 0.1) is 0 Å². The highest BCUT2D eigenvalue weighted by molar-refractivity contribution is 7.21. The predicted molar refractivity (Wildman–Crippen MR) is 106 cm³/mol. The largest absolute Gasteiger partial charge is 0.477 e. The highest BCUT2D eigenvalue weighted by Crippen LogP contribution is 2.38. The van der Waals surface area contributed by atoms with Crippen molar-refractivity contribution in [1.82, 2.24) is 9.47 Å². The van der Waals surface area contributed by atoms with Crippen LogP contribution in [0.1, 0.15) is 9.67 Å². The zero-order valence-corrected chi connectivity index (χ0v) is 15.6. The Labute approximate surface area is 160 Å². The highest BCUT2D eigenvalue weighted by atomic mass is 32.1. The van der Waals surface area contributed by atoms with Gasteiger partial charge in [-0.3, -0.25) is 14.3 Å². The quantitative estimate of drug-likeness (QED) is 0.732. The van der Waals surface area contributed by atoms with Gasteiger partial charge in [-0.2, -0.15) is 0 Å². The van der Waals surface area contributed by atoms with Crippen LogP contribution in [0.25, 0.3) is 21.3 Å². The minimum Gasteiger partial charge on any atom is -0.477 e. The van der Waals surface area contributed by atoms with Crippen LogP contribution in [0.15, 0.2) is 47.3 Å². The monoisotopic (exact) mass is 384 g/mol. The normalized spacial score (nSPS) is 15.3. The van der Waals surface area contributed by atoms with Crippen molar-refractivity contribution in [2.24, 2.45) is 0 Å². The smallest absolute Gasteiger partial charge is 0.346 e. The molecule has 1 fully saturated rings. The molecule has 0 spiro atoms. The molecular weight excluding hydrogens is 364 g/mol. The van der Waals surface area contributed by atoms with Gasteiger partial charge in [0.15, 0.2) is 0 Å². The Kier molecular flexibility index (Phi) is 5.07. The molecule has 0 radical (unpaired) electrons. The summed E-state index contributed by atoms with van der Waals surface area (Å²) >= 11 is 1.17. The molecule has 1 N–H and O–H groups in total. The second-order valence-electron chi connectivity index (χ2n) is 6.47. The van der Waals surface area contributed by atoms with Gasteiger partial charge in [0.1, 0.15) is 9.71 Å². The molecule has 1 aliphatic rings. The standard InChI is InChI=1S/C20H20N2O4S/c23-16-7-6-15-17(14-4-2-1-3-5-14)18(20(24)25)27-19(15)22(16)9-8-21-10-12-26-13-11-21/h1-7H,8-13H2,(H,24,25). The first-order valence-electron chi connectivity index (χ1n) is 8.90. The maximum atomic E-state index is 12.5. The Hall–Kier alpha value is -2.48. The minimum atomic E-state index is -0.970. The molecule has 7 heteroatoms. The van der Waals surface area contributed by atoms with Crippen molar-refractivity contribution in [3.8, 4) is 11.1 Å². The predicted octanol–water partition coefficient (Wildman–Crippen LogP) is 2.76. The van der Waals surface area contributed by atoms with E-state index in [1.54, 1.807) is 10.6 Å². The lowest BCUT2D eigenvalue weighted by atomic mass is 10.0. The number of fused-ring (bicyclic) bond motifs is 1. The average molecular weight is 384 g/mol. The van der Waals surface area contributed by atoms with Gasteiger partial charge in [-0.1, -0.05) is 30.3 Å². The van der Waals surface area contributed by atoms with Gasteiger partial charge in [0, 0.05) is 43.2 Å². The molecule has 4 rings (SSSR count). The molecule has 0 unspecified atom stereocenters. The number of carbonyl (C=O) groups is 1. The molecule has 27 heavy (non-hydrogen) atoms. The minimum absolute atomic E-state index is 0.103. The Balaban J connectivity index is 1.79. The molecule has 140 valence electrons. The second-order valence-corrected chi connectivity index (χ2v) is 7.47. The van der Waals surface area contributed by atoms with E-state index in [0.717, 1.165) is 30.6 Å². The van der Waals surface area contributed by atoms with Gasteiger partial charge in [0.05, 0.1) is 13.2 Å². The fourth-order valence-corrected chi connectivity index (χ4v) is 4.63. The van der Waals surface area contributed by atoms with Crippen molar-refractivity contribution in [1.29, 1.82) is 0 Å². The van der Waals surface area contributed by atoms with Crippen molar-refractivity contribution >= 4 is 27.5 Å². The van der Waals surface area contributed by atoms with Crippen LogP contribution >= 0.6 is 11.3 Å². The van der Waals surface area contributed by atoms with Crippen molar-refractivity contribution in [3.63, 3.8) is 0 Å². The number of carboxylic acids is 1. The molecule has 3 aromatic rings. The third-order valence-corrected chi connectivity index (χ3v) is 6.05. The van der Waals surface area contributed by atoms with Crippen molar-refractivity contribution in [3.05, 3.63) is 57.7 Å². The Morgan fingerprint density at radius 1 is 1.07 bits per heavy atom. The molecule has 3 heterocycles. The van der Waals surface area contributed by atoms with Gasteiger partial charge >= 0.3 is 5.97 Å². The SMILES string of the molecule is O=C(O)c1sc2c(ccc(=O)n2CCN2CCOCC2)c1-c1ccccc1. The summed E-state index contributed by atoms with van der Waals surface area (Å²) < 4.78 is 7.07. The summed E-state index contributed by atoms with van der Waals surface area (Å²) in [4.78, 5) is 27.6. The lowest BCUT2D eigenvalue weighted by Crippen LogP contribution is -2.39. The number of morpholine rings is 1. The summed E-state index contributed by atoms with van der Waals surface area (Å²) in [5, 5.41) is 10.5. The van der Waals surface area contributed by atoms with E-state index < -0.39 is 5.97 Å². The fourth-order valence-electron chi connectivity index (χ4n) is 3.45. The molecule has 6 nitrogen and oxygen atoms in total. The zero-order chi connectivity index (χ0) is 18.8. The third-order valence-electron chi connectivity index (χ3n) is 4.83. The van der Waals surface area contributed by atoms with Gasteiger partial charge in [-0.05, 0) is 11.6 Å². The Morgan fingerprint density at radius 2 is 1.81 bits per heavy atom. The number of rotatable bonds is 5. The van der Waals surface area contributed by atoms with E-state index in [1.165, 1.54) is 17.4 Å². The van der Waals surface area contributed by atoms with Crippen LogP contribution in [0.4, 0.5) is 0 Å². The van der Waals surface area contributed by atoms with Crippen LogP contribution in [-0.4, -0.2) is 53.4 Å². The molecule has 1 saturated heterocycles. The van der Waals surface area contributed by atoms with E-state index in [-0.39, 0.29) is 10.4 Å². The number of ether oxygens (including phenoxy) is 1. The lowest BCUT2D eigenvalue weighted by Gasteiger charge is -2.26. The molecule has 0 amide bonds. The number of benzene rings is 1. The zero-order valence-electron chi connectivity index (χ0n) is 14.8. The summed E-state index contributed by atoms with van der Waals surface area (Å²) in [6.07, 6.45) is 0. The second kappa shape index (κ2) is 7.64. The van der Waals surface area contributed by atoms with Crippen LogP contribution in [-0.2, 0) is 11.3 Å². The summed E-state index contributed by atoms with van der Waals surface area (Å²) in [5.41, 5.74) is 1.43. The number of pyridine rings is 1. The van der Waals surface area contributed by atoms with Crippen LogP contribution < -0.4 is 5.56 Å². The summed E-state index contributed by atoms with van der Waals surface area (Å²) in [7, 11) is 0. The number of thiophene rings is 1. The van der Waals surface area contributed by atoms with E-state index in [9.17, 15) is 14.7 Å². The number of hydrogen-bond donors (Lipinski definition) is 1. The molecule has 0 saturated carbocycles. The van der Waals surface area contributed by atoms with Crippen molar-refractivity contribution in [2.45, 2.75) is 6.54 Å². The maximum absolute atomic E-state index is 12.5. The number of aromatic nitrogens is 1. The molecule has 1 aliphatic heterocycles. The van der Waals surface area contributed by atoms with E-state index >= 15 is 0 Å². The number of nitrogens with zero attached hydrogens (tertiary/aromatic N) is 2. The number of aromatic carboxylic acids is 1. The number of hydrogen-bond acceptors (Lipinski definition) is 5. The van der Waals surface area contributed by atoms with Gasteiger partial charge in [-0.15, -0.1) is 11.3 Å². The summed E-state index contributed by atoms with van der Waals surface area (Å²) in [6, 6.07) is 12.8. The summed E-state index contributed by atoms with van der Waals surface area (Å²) in [6.45, 7) is 4.39. The third kappa shape index (κ3) is 3.53. The highest BCUT2D eigenvalue weighted by Gasteiger charge is 2.21. The van der Waals surface area contributed by atoms with Crippen LogP contribution in [0.2, 0.25) is 0 Å². The summed E-state index contributed by atoms with van der Waals surface area (Å²) in [5.74, 6) is -0.970.